The Morgan fingerprint density at radius 2 is 2.00 bits per heavy atom. The Morgan fingerprint density at radius 1 is 1.28 bits per heavy atom. The van der Waals surface area contributed by atoms with Gasteiger partial charge in [0, 0.05) is 6.42 Å². The largest absolute Gasteiger partial charge is 0.365 e. The number of amides is 2. The molecule has 3 rings (SSSR count). The Bertz CT molecular complexity index is 1130. The van der Waals surface area contributed by atoms with Crippen LogP contribution in [0.4, 0.5) is 5.13 Å². The summed E-state index contributed by atoms with van der Waals surface area (Å²) in [6.45, 7) is 7.63. The van der Waals surface area contributed by atoms with Gasteiger partial charge >= 0.3 is 0 Å². The molecule has 3 N–H and O–H groups in total. The topological polar surface area (TPSA) is 133 Å². The van der Waals surface area contributed by atoms with E-state index in [0.717, 1.165) is 22.8 Å². The molecule has 0 aliphatic rings. The van der Waals surface area contributed by atoms with E-state index in [0.29, 0.717) is 38.1 Å². The summed E-state index contributed by atoms with van der Waals surface area (Å²) in [7, 11) is 0. The van der Waals surface area contributed by atoms with Gasteiger partial charge in [-0.15, -0.1) is 21.5 Å². The molecule has 0 saturated carbocycles. The van der Waals surface area contributed by atoms with E-state index in [2.05, 4.69) is 34.3 Å². The molecule has 1 unspecified atom stereocenters. The number of nitrogens with two attached hydrogens (primary N) is 1. The van der Waals surface area contributed by atoms with Crippen molar-refractivity contribution in [1.29, 1.82) is 0 Å². The summed E-state index contributed by atoms with van der Waals surface area (Å²) in [5, 5.41) is 12.4. The maximum atomic E-state index is 13.0. The fourth-order valence-electron chi connectivity index (χ4n) is 3.03. The summed E-state index contributed by atoms with van der Waals surface area (Å²) in [5.74, 6) is -0.536. The smallest absolute Gasteiger partial charge is 0.263 e. The minimum Gasteiger partial charge on any atom is -0.365 e. The number of primary amides is 1. The predicted molar refractivity (Wildman–Crippen MR) is 114 cm³/mol. The summed E-state index contributed by atoms with van der Waals surface area (Å²) in [5.41, 5.74) is 5.49. The number of hydrogen-bond donors (Lipinski definition) is 2. The molecule has 0 saturated heterocycles. The number of nitrogens with one attached hydrogen (secondary N) is 1. The number of aryl methyl sites for hydroxylation is 1. The Balaban J connectivity index is 1.92. The van der Waals surface area contributed by atoms with Gasteiger partial charge in [-0.25, -0.2) is 4.98 Å². The van der Waals surface area contributed by atoms with Crippen molar-refractivity contribution in [1.82, 2.24) is 19.7 Å². The average Bonchev–Trinajstić information content (AvgIpc) is 3.21. The SMILES string of the molecule is CCC(C(=O)Nc1nnc(CC(C)C)s1)n1cnc2sc(C(N)=O)c(C)c2c1=O. The van der Waals surface area contributed by atoms with Crippen LogP contribution >= 0.6 is 22.7 Å². The van der Waals surface area contributed by atoms with E-state index in [1.54, 1.807) is 13.8 Å². The van der Waals surface area contributed by atoms with E-state index >= 15 is 0 Å². The van der Waals surface area contributed by atoms with Crippen LogP contribution in [0.1, 0.15) is 53.5 Å². The number of carbonyl (C=O) groups is 2. The highest BCUT2D eigenvalue weighted by molar-refractivity contribution is 7.20. The molecule has 3 aromatic rings. The summed E-state index contributed by atoms with van der Waals surface area (Å²) in [4.78, 5) is 42.4. The zero-order valence-corrected chi connectivity index (χ0v) is 18.2. The van der Waals surface area contributed by atoms with E-state index in [-0.39, 0.29) is 11.5 Å². The summed E-state index contributed by atoms with van der Waals surface area (Å²) < 4.78 is 1.29. The maximum absolute atomic E-state index is 13.0. The fourth-order valence-corrected chi connectivity index (χ4v) is 4.97. The molecule has 29 heavy (non-hydrogen) atoms. The lowest BCUT2D eigenvalue weighted by atomic mass is 10.1. The zero-order valence-electron chi connectivity index (χ0n) is 16.6. The third-order valence-corrected chi connectivity index (χ3v) is 6.48. The third kappa shape index (κ3) is 4.20. The van der Waals surface area contributed by atoms with Gasteiger partial charge in [0.1, 0.15) is 15.9 Å². The Kier molecular flexibility index (Phi) is 6.08. The highest BCUT2D eigenvalue weighted by atomic mass is 32.1. The first-order valence-electron chi connectivity index (χ1n) is 9.16. The molecule has 0 bridgehead atoms. The Morgan fingerprint density at radius 3 is 2.62 bits per heavy atom. The van der Waals surface area contributed by atoms with Crippen LogP contribution in [-0.2, 0) is 11.2 Å². The van der Waals surface area contributed by atoms with Crippen molar-refractivity contribution in [2.24, 2.45) is 11.7 Å². The molecule has 154 valence electrons. The van der Waals surface area contributed by atoms with Crippen LogP contribution < -0.4 is 16.6 Å². The second-order valence-corrected chi connectivity index (χ2v) is 9.13. The monoisotopic (exact) mass is 434 g/mol. The van der Waals surface area contributed by atoms with Gasteiger partial charge in [-0.05, 0) is 24.8 Å². The van der Waals surface area contributed by atoms with Crippen molar-refractivity contribution in [3.05, 3.63) is 32.1 Å². The van der Waals surface area contributed by atoms with Gasteiger partial charge in [0.05, 0.1) is 16.6 Å². The molecule has 11 heteroatoms. The summed E-state index contributed by atoms with van der Waals surface area (Å²) in [6, 6.07) is -0.770. The summed E-state index contributed by atoms with van der Waals surface area (Å²) in [6.07, 6.45) is 2.50. The van der Waals surface area contributed by atoms with Crippen LogP contribution in [0.5, 0.6) is 0 Å². The lowest BCUT2D eigenvalue weighted by molar-refractivity contribution is -0.119. The lowest BCUT2D eigenvalue weighted by Crippen LogP contribution is -2.33. The number of thiophene rings is 1. The highest BCUT2D eigenvalue weighted by Gasteiger charge is 2.24. The second kappa shape index (κ2) is 8.37. The van der Waals surface area contributed by atoms with Gasteiger partial charge in [-0.1, -0.05) is 32.1 Å². The van der Waals surface area contributed by atoms with Gasteiger partial charge < -0.3 is 5.73 Å². The standard InChI is InChI=1S/C18H22N6O3S2/c1-5-10(15(26)21-18-23-22-11(28-18)6-8(2)3)24-7-20-16-12(17(24)27)9(4)13(29-16)14(19)25/h7-8,10H,5-6H2,1-4H3,(H2,19,25)(H,21,23,26). The second-order valence-electron chi connectivity index (χ2n) is 7.07. The van der Waals surface area contributed by atoms with E-state index in [1.807, 2.05) is 0 Å². The number of hydrogen-bond acceptors (Lipinski definition) is 8. The number of aromatic nitrogens is 4. The maximum Gasteiger partial charge on any atom is 0.263 e. The number of anilines is 1. The molecule has 0 aromatic carbocycles. The van der Waals surface area contributed by atoms with Gasteiger partial charge in [0.2, 0.25) is 11.0 Å². The zero-order chi connectivity index (χ0) is 21.3. The van der Waals surface area contributed by atoms with Crippen molar-refractivity contribution in [3.63, 3.8) is 0 Å². The first kappa shape index (κ1) is 21.1. The van der Waals surface area contributed by atoms with Gasteiger partial charge in [0.15, 0.2) is 0 Å². The fraction of sp³-hybridized carbons (Fsp3) is 0.444. The van der Waals surface area contributed by atoms with Gasteiger partial charge in [-0.2, -0.15) is 0 Å². The molecule has 0 fully saturated rings. The molecule has 2 amide bonds. The first-order valence-corrected chi connectivity index (χ1v) is 10.8. The number of carbonyl (C=O) groups excluding carboxylic acids is 2. The molecule has 9 nitrogen and oxygen atoms in total. The van der Waals surface area contributed by atoms with Crippen molar-refractivity contribution < 1.29 is 9.59 Å². The highest BCUT2D eigenvalue weighted by Crippen LogP contribution is 2.27. The normalized spacial score (nSPS) is 12.4. The van der Waals surface area contributed by atoms with Crippen LogP contribution in [0, 0.1) is 12.8 Å². The molecule has 0 aliphatic heterocycles. The van der Waals surface area contributed by atoms with E-state index in [4.69, 9.17) is 5.73 Å². The molecular formula is C18H22N6O3S2. The number of nitrogens with zero attached hydrogens (tertiary/aromatic N) is 4. The minimum absolute atomic E-state index is 0.298. The number of rotatable bonds is 7. The molecule has 0 spiro atoms. The summed E-state index contributed by atoms with van der Waals surface area (Å²) >= 11 is 2.40. The molecule has 3 heterocycles. The average molecular weight is 435 g/mol. The van der Waals surface area contributed by atoms with Crippen LogP contribution in [0.3, 0.4) is 0 Å². The first-order chi connectivity index (χ1) is 13.7. The van der Waals surface area contributed by atoms with Crippen LogP contribution in [0.2, 0.25) is 0 Å². The number of fused-ring (bicyclic) bond motifs is 1. The van der Waals surface area contributed by atoms with Crippen LogP contribution in [0.15, 0.2) is 11.1 Å². The van der Waals surface area contributed by atoms with Crippen molar-refractivity contribution in [2.45, 2.75) is 46.6 Å². The Hall–Kier alpha value is -2.66. The van der Waals surface area contributed by atoms with Gasteiger partial charge in [0.25, 0.3) is 11.5 Å². The van der Waals surface area contributed by atoms with E-state index in [9.17, 15) is 14.4 Å². The van der Waals surface area contributed by atoms with Crippen molar-refractivity contribution in [3.8, 4) is 0 Å². The molecular weight excluding hydrogens is 412 g/mol. The molecule has 3 aromatic heterocycles. The minimum atomic E-state index is -0.770. The Labute approximate surface area is 175 Å². The quantitative estimate of drug-likeness (QED) is 0.587. The van der Waals surface area contributed by atoms with Crippen LogP contribution in [0.25, 0.3) is 10.2 Å². The predicted octanol–water partition coefficient (Wildman–Crippen LogP) is 2.51. The van der Waals surface area contributed by atoms with Crippen molar-refractivity contribution >= 4 is 49.8 Å². The third-order valence-electron chi connectivity index (χ3n) is 4.40. The van der Waals surface area contributed by atoms with Crippen molar-refractivity contribution in [2.75, 3.05) is 5.32 Å². The van der Waals surface area contributed by atoms with E-state index < -0.39 is 11.9 Å². The molecule has 1 atom stereocenters. The van der Waals surface area contributed by atoms with Crippen LogP contribution in [-0.4, -0.2) is 31.6 Å². The van der Waals surface area contributed by atoms with Gasteiger partial charge in [-0.3, -0.25) is 24.3 Å². The molecule has 0 radical (unpaired) electrons. The van der Waals surface area contributed by atoms with E-state index in [1.165, 1.54) is 22.2 Å². The lowest BCUT2D eigenvalue weighted by Gasteiger charge is -2.16. The molecule has 0 aliphatic carbocycles.